The Bertz CT molecular complexity index is 540. The summed E-state index contributed by atoms with van der Waals surface area (Å²) in [6.45, 7) is 4.32. The van der Waals surface area contributed by atoms with Gasteiger partial charge in [-0.05, 0) is 37.1 Å². The van der Waals surface area contributed by atoms with E-state index in [1.54, 1.807) is 16.8 Å². The van der Waals surface area contributed by atoms with E-state index in [1.807, 2.05) is 26.0 Å². The van der Waals surface area contributed by atoms with E-state index < -0.39 is 0 Å². The summed E-state index contributed by atoms with van der Waals surface area (Å²) < 4.78 is 0. The summed E-state index contributed by atoms with van der Waals surface area (Å²) in [5.74, 6) is -0.149. The molecule has 0 aromatic heterocycles. The average molecular weight is 261 g/mol. The van der Waals surface area contributed by atoms with Crippen molar-refractivity contribution in [1.82, 2.24) is 0 Å². The van der Waals surface area contributed by atoms with Crippen LogP contribution in [0.3, 0.4) is 0 Å². The van der Waals surface area contributed by atoms with Gasteiger partial charge in [0.1, 0.15) is 0 Å². The number of anilines is 2. The van der Waals surface area contributed by atoms with Crippen molar-refractivity contribution < 1.29 is 9.59 Å². The minimum atomic E-state index is -0.160. The maximum Gasteiger partial charge on any atom is 0.240 e. The zero-order valence-electron chi connectivity index (χ0n) is 11.6. The molecule has 0 saturated carbocycles. The summed E-state index contributed by atoms with van der Waals surface area (Å²) in [5, 5.41) is 0. The normalized spacial score (nSPS) is 15.3. The summed E-state index contributed by atoms with van der Waals surface area (Å²) in [6, 6.07) is 3.90. The van der Waals surface area contributed by atoms with Gasteiger partial charge in [-0.3, -0.25) is 9.59 Å². The molecule has 1 aliphatic heterocycles. The van der Waals surface area contributed by atoms with Gasteiger partial charge in [0.25, 0.3) is 0 Å². The van der Waals surface area contributed by atoms with Crippen LogP contribution in [0.1, 0.15) is 17.5 Å². The summed E-state index contributed by atoms with van der Waals surface area (Å²) in [4.78, 5) is 27.2. The highest BCUT2D eigenvalue weighted by Crippen LogP contribution is 2.34. The fraction of sp³-hybridized carbons (Fsp3) is 0.429. The van der Waals surface area contributed by atoms with Gasteiger partial charge >= 0.3 is 0 Å². The number of amides is 2. The molecular weight excluding hydrogens is 242 g/mol. The van der Waals surface area contributed by atoms with E-state index >= 15 is 0 Å². The predicted molar refractivity (Wildman–Crippen MR) is 75.4 cm³/mol. The number of nitrogens with two attached hydrogens (primary N) is 1. The van der Waals surface area contributed by atoms with E-state index in [1.165, 1.54) is 0 Å². The van der Waals surface area contributed by atoms with Crippen LogP contribution in [0.2, 0.25) is 0 Å². The van der Waals surface area contributed by atoms with Gasteiger partial charge < -0.3 is 15.5 Å². The molecule has 0 aliphatic carbocycles. The Morgan fingerprint density at radius 3 is 2.42 bits per heavy atom. The number of hydrogen-bond donors (Lipinski definition) is 1. The molecule has 1 heterocycles. The highest BCUT2D eigenvalue weighted by molar-refractivity contribution is 6.05. The van der Waals surface area contributed by atoms with Gasteiger partial charge in [0.15, 0.2) is 0 Å². The maximum atomic E-state index is 12.0. The molecule has 0 saturated heterocycles. The van der Waals surface area contributed by atoms with Crippen LogP contribution in [0, 0.1) is 13.8 Å². The van der Waals surface area contributed by atoms with E-state index in [-0.39, 0.29) is 18.4 Å². The molecule has 19 heavy (non-hydrogen) atoms. The minimum Gasteiger partial charge on any atom is -0.322 e. The molecule has 1 aromatic carbocycles. The number of hydrogen-bond acceptors (Lipinski definition) is 3. The Kier molecular flexibility index (Phi) is 3.57. The highest BCUT2D eigenvalue weighted by atomic mass is 16.2. The third kappa shape index (κ3) is 2.33. The zero-order chi connectivity index (χ0) is 14.2. The van der Waals surface area contributed by atoms with Gasteiger partial charge in [-0.15, -0.1) is 0 Å². The number of rotatable bonds is 1. The van der Waals surface area contributed by atoms with Gasteiger partial charge in [0.05, 0.1) is 17.9 Å². The molecule has 0 fully saturated rings. The Morgan fingerprint density at radius 2 is 1.84 bits per heavy atom. The second-order valence-corrected chi connectivity index (χ2v) is 4.88. The fourth-order valence-corrected chi connectivity index (χ4v) is 2.27. The van der Waals surface area contributed by atoms with E-state index in [9.17, 15) is 9.59 Å². The van der Waals surface area contributed by atoms with E-state index in [0.717, 1.165) is 22.5 Å². The van der Waals surface area contributed by atoms with E-state index in [2.05, 4.69) is 0 Å². The van der Waals surface area contributed by atoms with Crippen molar-refractivity contribution >= 4 is 23.2 Å². The average Bonchev–Trinajstić information content (AvgIpc) is 2.50. The van der Waals surface area contributed by atoms with Crippen LogP contribution in [0.5, 0.6) is 0 Å². The Balaban J connectivity index is 2.61. The van der Waals surface area contributed by atoms with Crippen LogP contribution < -0.4 is 15.5 Å². The second kappa shape index (κ2) is 5.01. The van der Waals surface area contributed by atoms with E-state index in [4.69, 9.17) is 5.73 Å². The Morgan fingerprint density at radius 1 is 1.26 bits per heavy atom. The largest absolute Gasteiger partial charge is 0.322 e. The minimum absolute atomic E-state index is 0.0109. The quantitative estimate of drug-likeness (QED) is 0.819. The molecule has 5 nitrogen and oxygen atoms in total. The number of aryl methyl sites for hydroxylation is 2. The molecule has 0 atom stereocenters. The van der Waals surface area contributed by atoms with Gasteiger partial charge in [0.2, 0.25) is 11.8 Å². The lowest BCUT2D eigenvalue weighted by Gasteiger charge is -2.24. The number of carbonyl (C=O) groups excluding carboxylic acids is 2. The summed E-state index contributed by atoms with van der Waals surface area (Å²) >= 11 is 0. The topological polar surface area (TPSA) is 66.6 Å². The zero-order valence-corrected chi connectivity index (χ0v) is 11.6. The molecule has 5 heteroatoms. The Hall–Kier alpha value is -1.88. The smallest absolute Gasteiger partial charge is 0.240 e. The third-order valence-corrected chi connectivity index (χ3v) is 3.64. The lowest BCUT2D eigenvalue weighted by Crippen LogP contribution is -2.36. The van der Waals surface area contributed by atoms with E-state index in [0.29, 0.717) is 13.0 Å². The third-order valence-electron chi connectivity index (χ3n) is 3.64. The first kappa shape index (κ1) is 13.5. The molecule has 0 spiro atoms. The molecule has 102 valence electrons. The molecule has 2 amide bonds. The lowest BCUT2D eigenvalue weighted by atomic mass is 10.1. The Labute approximate surface area is 113 Å². The standard InChI is InChI=1S/C14H19N3O2/c1-9-6-11-12(7-10(9)2)17(14(19)8-15)5-4-13(18)16(11)3/h6-7H,4-5,8,15H2,1-3H3. The van der Waals surface area contributed by atoms with Crippen molar-refractivity contribution in [2.75, 3.05) is 29.9 Å². The first-order chi connectivity index (χ1) is 8.95. The summed E-state index contributed by atoms with van der Waals surface area (Å²) in [7, 11) is 1.74. The number of benzene rings is 1. The highest BCUT2D eigenvalue weighted by Gasteiger charge is 2.27. The molecule has 0 radical (unpaired) electrons. The molecule has 0 bridgehead atoms. The van der Waals surface area contributed by atoms with Gasteiger partial charge in [-0.25, -0.2) is 0 Å². The monoisotopic (exact) mass is 261 g/mol. The summed E-state index contributed by atoms with van der Waals surface area (Å²) in [5.41, 5.74) is 9.19. The second-order valence-electron chi connectivity index (χ2n) is 4.88. The van der Waals surface area contributed by atoms with Crippen molar-refractivity contribution in [3.8, 4) is 0 Å². The number of fused-ring (bicyclic) bond motifs is 1. The molecular formula is C14H19N3O2. The van der Waals surface area contributed by atoms with Crippen LogP contribution in [0.15, 0.2) is 12.1 Å². The number of nitrogens with zero attached hydrogens (tertiary/aromatic N) is 2. The van der Waals surface area contributed by atoms with Crippen LogP contribution in [0.25, 0.3) is 0 Å². The van der Waals surface area contributed by atoms with Crippen LogP contribution in [0.4, 0.5) is 11.4 Å². The van der Waals surface area contributed by atoms with Crippen molar-refractivity contribution in [2.24, 2.45) is 5.73 Å². The fourth-order valence-electron chi connectivity index (χ4n) is 2.27. The first-order valence-electron chi connectivity index (χ1n) is 6.34. The maximum absolute atomic E-state index is 12.0. The SMILES string of the molecule is Cc1cc2c(cc1C)N(C(=O)CN)CCC(=O)N2C. The molecule has 2 rings (SSSR count). The van der Waals surface area contributed by atoms with Crippen molar-refractivity contribution in [2.45, 2.75) is 20.3 Å². The van der Waals surface area contributed by atoms with Crippen molar-refractivity contribution in [3.05, 3.63) is 23.3 Å². The van der Waals surface area contributed by atoms with Crippen molar-refractivity contribution in [3.63, 3.8) is 0 Å². The summed E-state index contributed by atoms with van der Waals surface area (Å²) in [6.07, 6.45) is 0.314. The predicted octanol–water partition coefficient (Wildman–Crippen LogP) is 0.962. The van der Waals surface area contributed by atoms with Crippen LogP contribution in [-0.2, 0) is 9.59 Å². The number of carbonyl (C=O) groups is 2. The van der Waals surface area contributed by atoms with Crippen LogP contribution >= 0.6 is 0 Å². The molecule has 0 unspecified atom stereocenters. The molecule has 1 aliphatic rings. The lowest BCUT2D eigenvalue weighted by molar-refractivity contribution is -0.118. The van der Waals surface area contributed by atoms with Crippen LogP contribution in [-0.4, -0.2) is 32.0 Å². The van der Waals surface area contributed by atoms with Gasteiger partial charge in [-0.1, -0.05) is 0 Å². The first-order valence-corrected chi connectivity index (χ1v) is 6.34. The van der Waals surface area contributed by atoms with Crippen molar-refractivity contribution in [1.29, 1.82) is 0 Å². The molecule has 1 aromatic rings. The van der Waals surface area contributed by atoms with Gasteiger partial charge in [0, 0.05) is 20.0 Å². The van der Waals surface area contributed by atoms with Gasteiger partial charge in [-0.2, -0.15) is 0 Å². The molecule has 2 N–H and O–H groups in total.